The average Bonchev–Trinajstić information content (AvgIpc) is 3.29. The van der Waals surface area contributed by atoms with Gasteiger partial charge in [-0.25, -0.2) is 0 Å². The van der Waals surface area contributed by atoms with Crippen molar-refractivity contribution in [2.45, 2.75) is 38.4 Å². The molecular weight excluding hydrogens is 490 g/mol. The highest BCUT2D eigenvalue weighted by atomic mass is 32.1. The lowest BCUT2D eigenvalue weighted by Gasteiger charge is -2.41. The van der Waals surface area contributed by atoms with Gasteiger partial charge in [-0.3, -0.25) is 4.98 Å². The molecular formula is C31H35N5OS. The Morgan fingerprint density at radius 3 is 2.45 bits per heavy atom. The quantitative estimate of drug-likeness (QED) is 0.437. The van der Waals surface area contributed by atoms with Crippen molar-refractivity contribution in [3.05, 3.63) is 89.8 Å². The van der Waals surface area contributed by atoms with Gasteiger partial charge in [0.05, 0.1) is 36.5 Å². The highest BCUT2D eigenvalue weighted by Crippen LogP contribution is 2.45. The van der Waals surface area contributed by atoms with Crippen LogP contribution in [-0.2, 0) is 4.74 Å². The van der Waals surface area contributed by atoms with E-state index in [9.17, 15) is 0 Å². The summed E-state index contributed by atoms with van der Waals surface area (Å²) < 4.78 is 5.53. The number of hydrogen-bond acceptors (Lipinski definition) is 5. The largest absolute Gasteiger partial charge is 0.378 e. The van der Waals surface area contributed by atoms with Gasteiger partial charge in [-0.1, -0.05) is 18.2 Å². The Hall–Kier alpha value is -3.42. The van der Waals surface area contributed by atoms with Crippen molar-refractivity contribution in [3.63, 3.8) is 0 Å². The van der Waals surface area contributed by atoms with Gasteiger partial charge in [0.2, 0.25) is 0 Å². The Labute approximate surface area is 230 Å². The number of anilines is 3. The second kappa shape index (κ2) is 9.71. The minimum atomic E-state index is -0.0669. The highest BCUT2D eigenvalue weighted by Gasteiger charge is 2.41. The zero-order chi connectivity index (χ0) is 26.4. The van der Waals surface area contributed by atoms with E-state index in [1.54, 1.807) is 0 Å². The van der Waals surface area contributed by atoms with Gasteiger partial charge < -0.3 is 24.8 Å². The minimum Gasteiger partial charge on any atom is -0.378 e. The Morgan fingerprint density at radius 2 is 1.74 bits per heavy atom. The maximum atomic E-state index is 5.97. The number of thiocarbonyl (C=S) groups is 1. The van der Waals surface area contributed by atoms with E-state index in [0.717, 1.165) is 37.7 Å². The van der Waals surface area contributed by atoms with Crippen molar-refractivity contribution in [2.75, 3.05) is 48.1 Å². The molecule has 3 aliphatic heterocycles. The van der Waals surface area contributed by atoms with Crippen LogP contribution in [0.25, 0.3) is 5.57 Å². The smallest absolute Gasteiger partial charge is 0.174 e. The summed E-state index contributed by atoms with van der Waals surface area (Å²) in [5.74, 6) is 0. The van der Waals surface area contributed by atoms with Crippen LogP contribution < -0.4 is 20.0 Å². The fourth-order valence-electron chi connectivity index (χ4n) is 5.98. The topological polar surface area (TPSA) is 43.9 Å². The molecule has 1 N–H and O–H groups in total. The molecule has 196 valence electrons. The summed E-state index contributed by atoms with van der Waals surface area (Å²) in [7, 11) is 2.17. The van der Waals surface area contributed by atoms with Crippen molar-refractivity contribution in [1.82, 2.24) is 10.3 Å². The number of morpholine rings is 1. The van der Waals surface area contributed by atoms with Gasteiger partial charge in [0.1, 0.15) is 0 Å². The molecule has 0 radical (unpaired) electrons. The summed E-state index contributed by atoms with van der Waals surface area (Å²) in [5, 5.41) is 4.32. The molecule has 4 heterocycles. The fourth-order valence-corrected chi connectivity index (χ4v) is 6.32. The molecule has 0 bridgehead atoms. The van der Waals surface area contributed by atoms with E-state index in [1.165, 1.54) is 28.1 Å². The lowest BCUT2D eigenvalue weighted by molar-refractivity contribution is 0.122. The molecule has 6 rings (SSSR count). The molecule has 7 heteroatoms. The Kier molecular flexibility index (Phi) is 6.36. The molecule has 38 heavy (non-hydrogen) atoms. The van der Waals surface area contributed by atoms with Gasteiger partial charge in [-0.05, 0) is 92.7 Å². The minimum absolute atomic E-state index is 0.0279. The summed E-state index contributed by atoms with van der Waals surface area (Å²) in [4.78, 5) is 11.7. The lowest BCUT2D eigenvalue weighted by Crippen LogP contribution is -2.42. The molecule has 3 aliphatic rings. The van der Waals surface area contributed by atoms with E-state index in [-0.39, 0.29) is 17.6 Å². The van der Waals surface area contributed by atoms with Crippen LogP contribution in [0.15, 0.2) is 72.9 Å². The monoisotopic (exact) mass is 525 g/mol. The highest BCUT2D eigenvalue weighted by molar-refractivity contribution is 7.80. The molecule has 3 aromatic rings. The molecule has 6 nitrogen and oxygen atoms in total. The van der Waals surface area contributed by atoms with Crippen molar-refractivity contribution in [2.24, 2.45) is 0 Å². The fraction of sp³-hybridized carbons (Fsp3) is 0.355. The first kappa shape index (κ1) is 24.9. The number of pyridine rings is 1. The molecule has 2 saturated heterocycles. The molecule has 2 aromatic carbocycles. The number of benzene rings is 2. The van der Waals surface area contributed by atoms with E-state index in [0.29, 0.717) is 5.11 Å². The van der Waals surface area contributed by atoms with Gasteiger partial charge in [0.15, 0.2) is 5.11 Å². The second-order valence-electron chi connectivity index (χ2n) is 10.9. The standard InChI is InChI=1S/C31H35N5OS/c1-21-20-31(2,3)34(4)27-13-8-22(19-25(21)27)29-28(26-7-5-6-14-32-26)33-30(38)36(29)24-11-9-23(10-12-24)35-15-17-37-18-16-35/h5-14,19-20,28-29H,15-18H2,1-4H3,(H,33,38). The predicted octanol–water partition coefficient (Wildman–Crippen LogP) is 5.73. The first-order valence-corrected chi connectivity index (χ1v) is 13.8. The molecule has 2 unspecified atom stereocenters. The number of rotatable bonds is 4. The van der Waals surface area contributed by atoms with Gasteiger partial charge in [0.25, 0.3) is 0 Å². The van der Waals surface area contributed by atoms with Crippen molar-refractivity contribution >= 4 is 40.0 Å². The summed E-state index contributed by atoms with van der Waals surface area (Å²) in [6.07, 6.45) is 4.21. The molecule has 2 atom stereocenters. The van der Waals surface area contributed by atoms with Crippen LogP contribution in [0.3, 0.4) is 0 Å². The number of ether oxygens (including phenoxy) is 1. The number of hydrogen-bond donors (Lipinski definition) is 1. The van der Waals surface area contributed by atoms with Crippen LogP contribution in [0.2, 0.25) is 0 Å². The number of nitrogens with zero attached hydrogens (tertiary/aromatic N) is 4. The SMILES string of the molecule is CC1=CC(C)(C)N(C)c2ccc(C3C(c4ccccn4)NC(=S)N3c3ccc(N4CCOCC4)cc3)cc21. The number of aromatic nitrogens is 1. The summed E-state index contributed by atoms with van der Waals surface area (Å²) in [5.41, 5.74) is 8.28. The van der Waals surface area contributed by atoms with Gasteiger partial charge >= 0.3 is 0 Å². The summed E-state index contributed by atoms with van der Waals surface area (Å²) in [6, 6.07) is 21.6. The maximum absolute atomic E-state index is 5.97. The third kappa shape index (κ3) is 4.33. The normalized spacial score (nSPS) is 22.7. The first-order chi connectivity index (χ1) is 18.3. The van der Waals surface area contributed by atoms with Crippen LogP contribution in [0.1, 0.15) is 49.7 Å². The van der Waals surface area contributed by atoms with E-state index in [2.05, 4.69) is 102 Å². The molecule has 0 aliphatic carbocycles. The zero-order valence-electron chi connectivity index (χ0n) is 22.5. The number of allylic oxidation sites excluding steroid dienone is 1. The van der Waals surface area contributed by atoms with Crippen LogP contribution in [0.5, 0.6) is 0 Å². The van der Waals surface area contributed by atoms with E-state index >= 15 is 0 Å². The van der Waals surface area contributed by atoms with Crippen molar-refractivity contribution < 1.29 is 4.74 Å². The van der Waals surface area contributed by atoms with Crippen LogP contribution in [0, 0.1) is 0 Å². The van der Waals surface area contributed by atoms with Crippen LogP contribution >= 0.6 is 12.2 Å². The number of nitrogens with one attached hydrogen (secondary N) is 1. The Bertz CT molecular complexity index is 1360. The van der Waals surface area contributed by atoms with Crippen molar-refractivity contribution in [3.8, 4) is 0 Å². The molecule has 0 saturated carbocycles. The van der Waals surface area contributed by atoms with E-state index < -0.39 is 0 Å². The zero-order valence-corrected chi connectivity index (χ0v) is 23.3. The molecule has 0 amide bonds. The molecule has 1 aromatic heterocycles. The van der Waals surface area contributed by atoms with E-state index in [1.807, 2.05) is 18.3 Å². The summed E-state index contributed by atoms with van der Waals surface area (Å²) in [6.45, 7) is 10.1. The number of fused-ring (bicyclic) bond motifs is 1. The van der Waals surface area contributed by atoms with Crippen LogP contribution in [0.4, 0.5) is 17.1 Å². The molecule has 2 fully saturated rings. The second-order valence-corrected chi connectivity index (χ2v) is 11.3. The van der Waals surface area contributed by atoms with E-state index in [4.69, 9.17) is 21.9 Å². The number of likely N-dealkylation sites (N-methyl/N-ethyl adjacent to an activating group) is 1. The average molecular weight is 526 g/mol. The maximum Gasteiger partial charge on any atom is 0.174 e. The molecule has 0 spiro atoms. The van der Waals surface area contributed by atoms with Gasteiger partial charge in [-0.2, -0.15) is 0 Å². The van der Waals surface area contributed by atoms with Crippen LogP contribution in [-0.4, -0.2) is 49.0 Å². The first-order valence-electron chi connectivity index (χ1n) is 13.3. The predicted molar refractivity (Wildman–Crippen MR) is 160 cm³/mol. The van der Waals surface area contributed by atoms with Crippen molar-refractivity contribution in [1.29, 1.82) is 0 Å². The van der Waals surface area contributed by atoms with Gasteiger partial charge in [-0.15, -0.1) is 0 Å². The Balaban J connectivity index is 1.42. The Morgan fingerprint density at radius 1 is 1.00 bits per heavy atom. The third-order valence-corrected chi connectivity index (χ3v) is 8.50. The van der Waals surface area contributed by atoms with Gasteiger partial charge in [0, 0.05) is 49.0 Å². The summed E-state index contributed by atoms with van der Waals surface area (Å²) >= 11 is 5.97. The third-order valence-electron chi connectivity index (χ3n) is 8.18. The lowest BCUT2D eigenvalue weighted by atomic mass is 9.86.